The summed E-state index contributed by atoms with van der Waals surface area (Å²) in [7, 11) is -2.04. The molecule has 0 atom stereocenters. The highest BCUT2D eigenvalue weighted by Gasteiger charge is 2.24. The van der Waals surface area contributed by atoms with Gasteiger partial charge in [-0.05, 0) is 49.2 Å². The summed E-state index contributed by atoms with van der Waals surface area (Å²) in [6, 6.07) is 9.82. The van der Waals surface area contributed by atoms with Crippen LogP contribution in [0.5, 0.6) is 5.75 Å². The van der Waals surface area contributed by atoms with E-state index < -0.39 is 9.84 Å². The van der Waals surface area contributed by atoms with Gasteiger partial charge in [-0.25, -0.2) is 13.4 Å². The van der Waals surface area contributed by atoms with E-state index in [4.69, 9.17) is 26.1 Å². The van der Waals surface area contributed by atoms with Crippen molar-refractivity contribution in [3.8, 4) is 5.75 Å². The van der Waals surface area contributed by atoms with Gasteiger partial charge in [0.05, 0.1) is 35.7 Å². The summed E-state index contributed by atoms with van der Waals surface area (Å²) in [6.07, 6.45) is 0.594. The molecule has 0 N–H and O–H groups in total. The molecular formula is C25H30ClN3O5S2. The number of carbonyl (C=O) groups is 1. The summed E-state index contributed by atoms with van der Waals surface area (Å²) in [5.41, 5.74) is 1.75. The summed E-state index contributed by atoms with van der Waals surface area (Å²) in [5, 5.41) is 1.01. The highest BCUT2D eigenvalue weighted by Crippen LogP contribution is 2.36. The molecule has 4 rings (SSSR count). The minimum Gasteiger partial charge on any atom is -0.494 e. The minimum absolute atomic E-state index is 0.144. The van der Waals surface area contributed by atoms with E-state index in [1.807, 2.05) is 19.1 Å². The van der Waals surface area contributed by atoms with Gasteiger partial charge in [-0.2, -0.15) is 0 Å². The van der Waals surface area contributed by atoms with Gasteiger partial charge in [0.1, 0.15) is 11.3 Å². The number of methoxy groups -OCH3 is 1. The van der Waals surface area contributed by atoms with Gasteiger partial charge in [0.2, 0.25) is 5.91 Å². The highest BCUT2D eigenvalue weighted by atomic mass is 35.5. The maximum absolute atomic E-state index is 13.4. The first kappa shape index (κ1) is 26.8. The third-order valence-corrected chi connectivity index (χ3v) is 9.36. The van der Waals surface area contributed by atoms with Crippen LogP contribution in [0, 0.1) is 6.92 Å². The second kappa shape index (κ2) is 11.9. The Balaban J connectivity index is 1.54. The topological polar surface area (TPSA) is 89.0 Å². The summed E-state index contributed by atoms with van der Waals surface area (Å²) in [5.74, 6) is 0.0787. The number of hydrogen-bond donors (Lipinski definition) is 0. The molecule has 1 saturated heterocycles. The van der Waals surface area contributed by atoms with Gasteiger partial charge in [-0.15, -0.1) is 0 Å². The number of benzene rings is 2. The van der Waals surface area contributed by atoms with Gasteiger partial charge < -0.3 is 9.47 Å². The van der Waals surface area contributed by atoms with Crippen LogP contribution in [-0.4, -0.2) is 76.5 Å². The lowest BCUT2D eigenvalue weighted by molar-refractivity contribution is -0.118. The van der Waals surface area contributed by atoms with Gasteiger partial charge in [-0.3, -0.25) is 14.6 Å². The lowest BCUT2D eigenvalue weighted by Crippen LogP contribution is -2.39. The number of amides is 1. The summed E-state index contributed by atoms with van der Waals surface area (Å²) in [6.45, 7) is 6.41. The zero-order chi connectivity index (χ0) is 25.7. The molecule has 1 aliphatic rings. The number of halogens is 1. The molecule has 0 bridgehead atoms. The Bertz CT molecular complexity index is 1310. The van der Waals surface area contributed by atoms with Crippen molar-refractivity contribution < 1.29 is 22.7 Å². The zero-order valence-electron chi connectivity index (χ0n) is 20.4. The van der Waals surface area contributed by atoms with E-state index in [1.54, 1.807) is 12.0 Å². The molecule has 0 saturated carbocycles. The van der Waals surface area contributed by atoms with E-state index >= 15 is 0 Å². The molecule has 0 unspecified atom stereocenters. The molecule has 8 nitrogen and oxygen atoms in total. The minimum atomic E-state index is -3.63. The molecule has 0 spiro atoms. The molecule has 2 heterocycles. The summed E-state index contributed by atoms with van der Waals surface area (Å²) in [4.78, 5) is 22.2. The molecule has 11 heteroatoms. The van der Waals surface area contributed by atoms with Gasteiger partial charge in [0.25, 0.3) is 0 Å². The molecule has 1 aliphatic heterocycles. The Morgan fingerprint density at radius 3 is 2.61 bits per heavy atom. The van der Waals surface area contributed by atoms with E-state index in [0.29, 0.717) is 41.2 Å². The number of anilines is 1. The maximum atomic E-state index is 13.4. The predicted molar refractivity (Wildman–Crippen MR) is 143 cm³/mol. The van der Waals surface area contributed by atoms with Crippen molar-refractivity contribution in [1.82, 2.24) is 9.88 Å². The van der Waals surface area contributed by atoms with Crippen LogP contribution in [-0.2, 0) is 19.4 Å². The van der Waals surface area contributed by atoms with E-state index in [0.717, 1.165) is 36.3 Å². The fourth-order valence-corrected chi connectivity index (χ4v) is 6.55. The standard InChI is InChI=1S/C25H30ClN3O5S2/c1-18-4-9-21(33-2)23-24(18)35-25(27-23)29(12-3-11-28-13-15-34-16-14-28)22(30)10-17-36(31,32)20-7-5-19(26)6-8-20/h4-9H,3,10-17H2,1-2H3. The van der Waals surface area contributed by atoms with Gasteiger partial charge in [-0.1, -0.05) is 29.0 Å². The lowest BCUT2D eigenvalue weighted by Gasteiger charge is -2.27. The Morgan fingerprint density at radius 2 is 1.92 bits per heavy atom. The molecule has 1 fully saturated rings. The molecule has 0 aliphatic carbocycles. The summed E-state index contributed by atoms with van der Waals surface area (Å²) < 4.78 is 37.5. The second-order valence-corrected chi connectivity index (χ2v) is 12.2. The fourth-order valence-electron chi connectivity index (χ4n) is 4.10. The van der Waals surface area contributed by atoms with Crippen molar-refractivity contribution in [2.45, 2.75) is 24.7 Å². The molecular weight excluding hydrogens is 522 g/mol. The number of morpholine rings is 1. The van der Waals surface area contributed by atoms with Crippen molar-refractivity contribution in [2.75, 3.05) is 57.2 Å². The van der Waals surface area contributed by atoms with Crippen LogP contribution in [0.15, 0.2) is 41.3 Å². The van der Waals surface area contributed by atoms with Crippen LogP contribution in [0.2, 0.25) is 5.02 Å². The molecule has 1 aromatic heterocycles. The number of carbonyl (C=O) groups excluding carboxylic acids is 1. The third kappa shape index (κ3) is 6.36. The molecule has 2 aromatic carbocycles. The second-order valence-electron chi connectivity index (χ2n) is 8.63. The van der Waals surface area contributed by atoms with Crippen molar-refractivity contribution in [2.24, 2.45) is 0 Å². The van der Waals surface area contributed by atoms with Crippen molar-refractivity contribution in [3.05, 3.63) is 47.0 Å². The molecule has 194 valence electrons. The van der Waals surface area contributed by atoms with Gasteiger partial charge >= 0.3 is 0 Å². The Hall–Kier alpha value is -2.24. The molecule has 3 aromatic rings. The highest BCUT2D eigenvalue weighted by molar-refractivity contribution is 7.91. The van der Waals surface area contributed by atoms with E-state index in [1.165, 1.54) is 35.6 Å². The van der Waals surface area contributed by atoms with Crippen LogP contribution < -0.4 is 9.64 Å². The first-order chi connectivity index (χ1) is 17.3. The number of fused-ring (bicyclic) bond motifs is 1. The smallest absolute Gasteiger partial charge is 0.229 e. The van der Waals surface area contributed by atoms with Crippen LogP contribution >= 0.6 is 22.9 Å². The van der Waals surface area contributed by atoms with Crippen molar-refractivity contribution in [1.29, 1.82) is 0 Å². The normalized spacial score (nSPS) is 14.8. The number of thiazole rings is 1. The van der Waals surface area contributed by atoms with Crippen molar-refractivity contribution in [3.63, 3.8) is 0 Å². The van der Waals surface area contributed by atoms with E-state index in [-0.39, 0.29) is 23.0 Å². The number of ether oxygens (including phenoxy) is 2. The predicted octanol–water partition coefficient (Wildman–Crippen LogP) is 4.19. The average molecular weight is 552 g/mol. The number of aryl methyl sites for hydroxylation is 1. The third-order valence-electron chi connectivity index (χ3n) is 6.16. The number of hydrogen-bond acceptors (Lipinski definition) is 8. The monoisotopic (exact) mass is 551 g/mol. The van der Waals surface area contributed by atoms with Gasteiger partial charge in [0, 0.05) is 37.6 Å². The van der Waals surface area contributed by atoms with E-state index in [9.17, 15) is 13.2 Å². The SMILES string of the molecule is COc1ccc(C)c2sc(N(CCCN3CCOCC3)C(=O)CCS(=O)(=O)c3ccc(Cl)cc3)nc12. The molecule has 1 amide bonds. The average Bonchev–Trinajstić information content (AvgIpc) is 3.32. The Labute approximate surface area is 220 Å². The number of nitrogens with zero attached hydrogens (tertiary/aromatic N) is 3. The van der Waals surface area contributed by atoms with Crippen LogP contribution in [0.4, 0.5) is 5.13 Å². The number of sulfone groups is 1. The maximum Gasteiger partial charge on any atom is 0.229 e. The van der Waals surface area contributed by atoms with E-state index in [2.05, 4.69) is 4.90 Å². The van der Waals surface area contributed by atoms with Crippen LogP contribution in [0.25, 0.3) is 10.2 Å². The first-order valence-electron chi connectivity index (χ1n) is 11.8. The largest absolute Gasteiger partial charge is 0.494 e. The Morgan fingerprint density at radius 1 is 1.19 bits per heavy atom. The summed E-state index contributed by atoms with van der Waals surface area (Å²) >= 11 is 7.31. The van der Waals surface area contributed by atoms with Gasteiger partial charge in [0.15, 0.2) is 15.0 Å². The zero-order valence-corrected chi connectivity index (χ0v) is 22.8. The number of rotatable bonds is 10. The molecule has 0 radical (unpaired) electrons. The first-order valence-corrected chi connectivity index (χ1v) is 14.7. The van der Waals surface area contributed by atoms with Crippen LogP contribution in [0.3, 0.4) is 0 Å². The Kier molecular flexibility index (Phi) is 8.84. The quantitative estimate of drug-likeness (QED) is 0.373. The molecule has 36 heavy (non-hydrogen) atoms. The number of aromatic nitrogens is 1. The fraction of sp³-hybridized carbons (Fsp3) is 0.440. The van der Waals surface area contributed by atoms with Crippen molar-refractivity contribution >= 4 is 54.0 Å². The van der Waals surface area contributed by atoms with Crippen LogP contribution in [0.1, 0.15) is 18.4 Å². The lowest BCUT2D eigenvalue weighted by atomic mass is 10.2.